The summed E-state index contributed by atoms with van der Waals surface area (Å²) in [6, 6.07) is 10.4. The fraction of sp³-hybridized carbons (Fsp3) is 0.200. The number of benzene rings is 2. The second-order valence-corrected chi connectivity index (χ2v) is 7.37. The molecule has 0 N–H and O–H groups in total. The Morgan fingerprint density at radius 1 is 1.11 bits per heavy atom. The van der Waals surface area contributed by atoms with Crippen LogP contribution in [0, 0.1) is 0 Å². The van der Waals surface area contributed by atoms with Gasteiger partial charge in [0, 0.05) is 16.3 Å². The molecule has 0 radical (unpaired) electrons. The number of halogens is 4. The number of nitrogens with zero attached hydrogens (tertiary/aromatic N) is 1. The first-order valence-electron chi connectivity index (χ1n) is 8.52. The molecule has 0 unspecified atom stereocenters. The van der Waals surface area contributed by atoms with Gasteiger partial charge in [0.25, 0.3) is 5.91 Å². The second kappa shape index (κ2) is 6.77. The van der Waals surface area contributed by atoms with Gasteiger partial charge in [-0.05, 0) is 48.7 Å². The second-order valence-electron chi connectivity index (χ2n) is 6.45. The molecule has 28 heavy (non-hydrogen) atoms. The van der Waals surface area contributed by atoms with Crippen LogP contribution in [0.1, 0.15) is 39.3 Å². The SMILES string of the molecule is O=C1CCCc2c1n(C(=O)c1ccccc1OC(F)(F)F)c1ccc(Br)cc21. The first-order valence-corrected chi connectivity index (χ1v) is 9.31. The van der Waals surface area contributed by atoms with Crippen LogP contribution in [0.3, 0.4) is 0 Å². The smallest absolute Gasteiger partial charge is 0.405 e. The van der Waals surface area contributed by atoms with Gasteiger partial charge >= 0.3 is 6.36 Å². The van der Waals surface area contributed by atoms with Gasteiger partial charge in [0.05, 0.1) is 16.8 Å². The van der Waals surface area contributed by atoms with E-state index in [4.69, 9.17) is 0 Å². The monoisotopic (exact) mass is 451 g/mol. The van der Waals surface area contributed by atoms with Crippen LogP contribution < -0.4 is 4.74 Å². The van der Waals surface area contributed by atoms with Gasteiger partial charge in [-0.1, -0.05) is 28.1 Å². The van der Waals surface area contributed by atoms with Crippen molar-refractivity contribution in [3.63, 3.8) is 0 Å². The zero-order valence-electron chi connectivity index (χ0n) is 14.3. The molecule has 0 bridgehead atoms. The average molecular weight is 452 g/mol. The van der Waals surface area contributed by atoms with E-state index in [2.05, 4.69) is 20.7 Å². The van der Waals surface area contributed by atoms with Crippen molar-refractivity contribution in [1.82, 2.24) is 4.57 Å². The molecule has 0 saturated heterocycles. The predicted octanol–water partition coefficient (Wildman–Crippen LogP) is 5.51. The number of ether oxygens (including phenoxy) is 1. The highest BCUT2D eigenvalue weighted by molar-refractivity contribution is 9.10. The van der Waals surface area contributed by atoms with Crippen LogP contribution in [0.5, 0.6) is 5.75 Å². The summed E-state index contributed by atoms with van der Waals surface area (Å²) >= 11 is 3.39. The maximum absolute atomic E-state index is 13.3. The standard InChI is InChI=1S/C20H13BrF3NO3/c21-11-8-9-15-14(10-11)12-5-3-6-16(26)18(12)25(15)19(27)13-4-1-2-7-17(13)28-20(22,23)24/h1-2,4,7-10H,3,5-6H2. The Bertz CT molecular complexity index is 1120. The minimum absolute atomic E-state index is 0.198. The number of ketones is 1. The van der Waals surface area contributed by atoms with Crippen molar-refractivity contribution in [2.75, 3.05) is 0 Å². The predicted molar refractivity (Wildman–Crippen MR) is 99.8 cm³/mol. The molecule has 4 rings (SSSR count). The molecule has 0 saturated carbocycles. The van der Waals surface area contributed by atoms with Crippen LogP contribution >= 0.6 is 15.9 Å². The minimum atomic E-state index is -4.94. The Morgan fingerprint density at radius 2 is 1.86 bits per heavy atom. The summed E-state index contributed by atoms with van der Waals surface area (Å²) in [6.45, 7) is 0. The summed E-state index contributed by atoms with van der Waals surface area (Å²) in [6.07, 6.45) is -3.36. The third kappa shape index (κ3) is 3.22. The lowest BCUT2D eigenvalue weighted by molar-refractivity contribution is -0.274. The van der Waals surface area contributed by atoms with Crippen molar-refractivity contribution in [3.05, 3.63) is 63.8 Å². The van der Waals surface area contributed by atoms with E-state index in [1.54, 1.807) is 12.1 Å². The Morgan fingerprint density at radius 3 is 2.61 bits per heavy atom. The molecule has 4 nitrogen and oxygen atoms in total. The maximum atomic E-state index is 13.3. The van der Waals surface area contributed by atoms with E-state index in [0.717, 1.165) is 21.5 Å². The molecule has 0 amide bonds. The number of carbonyl (C=O) groups excluding carboxylic acids is 2. The molecule has 0 fully saturated rings. The number of aromatic nitrogens is 1. The van der Waals surface area contributed by atoms with Gasteiger partial charge in [-0.3, -0.25) is 14.2 Å². The molecule has 1 aliphatic carbocycles. The van der Waals surface area contributed by atoms with Crippen LogP contribution in [-0.2, 0) is 6.42 Å². The van der Waals surface area contributed by atoms with Gasteiger partial charge in [-0.15, -0.1) is 13.2 Å². The highest BCUT2D eigenvalue weighted by atomic mass is 79.9. The van der Waals surface area contributed by atoms with Gasteiger partial charge in [0.2, 0.25) is 0 Å². The number of Topliss-reactive ketones (excluding diaryl/α,β-unsaturated/α-hetero) is 1. The zero-order chi connectivity index (χ0) is 20.1. The van der Waals surface area contributed by atoms with E-state index in [9.17, 15) is 22.8 Å². The van der Waals surface area contributed by atoms with E-state index in [1.165, 1.54) is 22.8 Å². The first-order chi connectivity index (χ1) is 13.3. The summed E-state index contributed by atoms with van der Waals surface area (Å²) in [5, 5.41) is 0.736. The maximum Gasteiger partial charge on any atom is 0.573 e. The third-order valence-corrected chi connectivity index (χ3v) is 5.17. The Kier molecular flexibility index (Phi) is 4.53. The van der Waals surface area contributed by atoms with Crippen molar-refractivity contribution in [2.45, 2.75) is 25.6 Å². The summed E-state index contributed by atoms with van der Waals surface area (Å²) in [4.78, 5) is 25.9. The lowest BCUT2D eigenvalue weighted by Gasteiger charge is -2.16. The van der Waals surface area contributed by atoms with Gasteiger partial charge in [-0.25, -0.2) is 0 Å². The Hall–Kier alpha value is -2.61. The number of rotatable bonds is 2. The van der Waals surface area contributed by atoms with Crippen LogP contribution in [0.15, 0.2) is 46.9 Å². The van der Waals surface area contributed by atoms with Gasteiger partial charge < -0.3 is 4.74 Å². The van der Waals surface area contributed by atoms with E-state index in [1.807, 2.05) is 6.07 Å². The van der Waals surface area contributed by atoms with Crippen molar-refractivity contribution < 1.29 is 27.5 Å². The van der Waals surface area contributed by atoms with Crippen LogP contribution in [0.2, 0.25) is 0 Å². The molecular weight excluding hydrogens is 439 g/mol. The Balaban J connectivity index is 1.95. The number of aryl methyl sites for hydroxylation is 1. The molecular formula is C20H13BrF3NO3. The largest absolute Gasteiger partial charge is 0.573 e. The van der Waals surface area contributed by atoms with Gasteiger partial charge in [0.1, 0.15) is 5.75 Å². The van der Waals surface area contributed by atoms with E-state index < -0.39 is 18.0 Å². The van der Waals surface area contributed by atoms with Crippen LogP contribution in [0.25, 0.3) is 10.9 Å². The number of para-hydroxylation sites is 1. The first kappa shape index (κ1) is 18.7. The summed E-state index contributed by atoms with van der Waals surface area (Å²) in [5.74, 6) is -1.53. The normalized spacial score (nSPS) is 14.2. The molecule has 1 aromatic heterocycles. The number of hydrogen-bond donors (Lipinski definition) is 0. The molecule has 0 spiro atoms. The zero-order valence-corrected chi connectivity index (χ0v) is 15.9. The van der Waals surface area contributed by atoms with Gasteiger partial charge in [-0.2, -0.15) is 0 Å². The molecule has 0 aliphatic heterocycles. The highest BCUT2D eigenvalue weighted by Gasteiger charge is 2.34. The van der Waals surface area contributed by atoms with Crippen LogP contribution in [0.4, 0.5) is 13.2 Å². The van der Waals surface area contributed by atoms with Gasteiger partial charge in [0.15, 0.2) is 5.78 Å². The average Bonchev–Trinajstić information content (AvgIpc) is 2.95. The molecule has 8 heteroatoms. The molecule has 2 aromatic carbocycles. The summed E-state index contributed by atoms with van der Waals surface area (Å²) < 4.78 is 44.3. The lowest BCUT2D eigenvalue weighted by atomic mass is 9.94. The summed E-state index contributed by atoms with van der Waals surface area (Å²) in [5.41, 5.74) is 1.21. The summed E-state index contributed by atoms with van der Waals surface area (Å²) in [7, 11) is 0. The quantitative estimate of drug-likeness (QED) is 0.516. The lowest BCUT2D eigenvalue weighted by Crippen LogP contribution is -2.23. The topological polar surface area (TPSA) is 48.3 Å². The fourth-order valence-corrected chi connectivity index (χ4v) is 3.97. The van der Waals surface area contributed by atoms with E-state index in [-0.39, 0.29) is 17.0 Å². The van der Waals surface area contributed by atoms with Crippen molar-refractivity contribution in [3.8, 4) is 5.75 Å². The van der Waals surface area contributed by atoms with Crippen molar-refractivity contribution in [2.24, 2.45) is 0 Å². The molecule has 3 aromatic rings. The Labute approximate surface area is 166 Å². The van der Waals surface area contributed by atoms with Crippen LogP contribution in [-0.4, -0.2) is 22.6 Å². The van der Waals surface area contributed by atoms with E-state index >= 15 is 0 Å². The number of fused-ring (bicyclic) bond motifs is 3. The third-order valence-electron chi connectivity index (χ3n) is 4.68. The van der Waals surface area contributed by atoms with E-state index in [0.29, 0.717) is 24.8 Å². The fourth-order valence-electron chi connectivity index (χ4n) is 3.61. The number of hydrogen-bond acceptors (Lipinski definition) is 3. The minimum Gasteiger partial charge on any atom is -0.405 e. The molecule has 1 aliphatic rings. The number of alkyl halides is 3. The number of carbonyl (C=O) groups is 2. The van der Waals surface area contributed by atoms with Crippen molar-refractivity contribution >= 4 is 38.5 Å². The van der Waals surface area contributed by atoms with Crippen molar-refractivity contribution in [1.29, 1.82) is 0 Å². The highest BCUT2D eigenvalue weighted by Crippen LogP contribution is 2.35. The molecule has 0 atom stereocenters. The molecule has 144 valence electrons. The molecule has 1 heterocycles.